The van der Waals surface area contributed by atoms with Gasteiger partial charge >= 0.3 is 5.97 Å². The van der Waals surface area contributed by atoms with Gasteiger partial charge in [0.2, 0.25) is 5.91 Å². The van der Waals surface area contributed by atoms with Crippen LogP contribution in [-0.2, 0) is 9.59 Å². The van der Waals surface area contributed by atoms with Gasteiger partial charge in [-0.15, -0.1) is 0 Å². The molecule has 14 heavy (non-hydrogen) atoms. The molecule has 0 aromatic rings. The summed E-state index contributed by atoms with van der Waals surface area (Å²) in [6.07, 6.45) is 4.05. The number of carboxylic acids is 1. The number of hydrogen-bond acceptors (Lipinski definition) is 2. The Morgan fingerprint density at radius 1 is 1.36 bits per heavy atom. The molecule has 0 atom stereocenters. The molecule has 1 saturated carbocycles. The first kappa shape index (κ1) is 11.0. The van der Waals surface area contributed by atoms with Crippen LogP contribution < -0.4 is 0 Å². The molecular formula is C10H17NO3. The molecule has 0 heterocycles. The van der Waals surface area contributed by atoms with Crippen molar-refractivity contribution in [1.82, 2.24) is 4.90 Å². The van der Waals surface area contributed by atoms with Gasteiger partial charge < -0.3 is 10.0 Å². The lowest BCUT2D eigenvalue weighted by Gasteiger charge is -2.21. The Kier molecular flexibility index (Phi) is 3.92. The van der Waals surface area contributed by atoms with Gasteiger partial charge in [0.15, 0.2) is 0 Å². The number of nitrogens with zero attached hydrogens (tertiary/aromatic N) is 1. The number of hydrogen-bond donors (Lipinski definition) is 1. The van der Waals surface area contributed by atoms with E-state index in [0.717, 1.165) is 25.7 Å². The molecule has 0 aromatic carbocycles. The number of carboxylic acid groups (broad SMARTS) is 1. The minimum atomic E-state index is -0.932. The zero-order valence-electron chi connectivity index (χ0n) is 8.53. The van der Waals surface area contributed by atoms with Crippen LogP contribution in [0, 0.1) is 5.92 Å². The van der Waals surface area contributed by atoms with Crippen molar-refractivity contribution >= 4 is 11.9 Å². The van der Waals surface area contributed by atoms with Crippen molar-refractivity contribution in [2.75, 3.05) is 13.1 Å². The van der Waals surface area contributed by atoms with Gasteiger partial charge in [-0.1, -0.05) is 12.8 Å². The summed E-state index contributed by atoms with van der Waals surface area (Å²) in [6.45, 7) is 2.14. The lowest BCUT2D eigenvalue weighted by molar-refractivity contribution is -0.146. The van der Waals surface area contributed by atoms with E-state index in [1.165, 1.54) is 4.90 Å². The molecule has 1 aliphatic rings. The van der Waals surface area contributed by atoms with Crippen LogP contribution in [0.2, 0.25) is 0 Å². The second-order valence-electron chi connectivity index (χ2n) is 3.73. The topological polar surface area (TPSA) is 57.6 Å². The minimum Gasteiger partial charge on any atom is -0.480 e. The van der Waals surface area contributed by atoms with E-state index in [1.54, 1.807) is 0 Å². The van der Waals surface area contributed by atoms with Crippen molar-refractivity contribution in [3.63, 3.8) is 0 Å². The second kappa shape index (κ2) is 4.98. The number of rotatable bonds is 4. The van der Waals surface area contributed by atoms with Gasteiger partial charge in [0.25, 0.3) is 0 Å². The Bertz CT molecular complexity index is 221. The van der Waals surface area contributed by atoms with Crippen LogP contribution in [0.25, 0.3) is 0 Å². The third kappa shape index (κ3) is 2.72. The fourth-order valence-corrected chi connectivity index (χ4v) is 1.94. The highest BCUT2D eigenvalue weighted by Gasteiger charge is 2.27. The summed E-state index contributed by atoms with van der Waals surface area (Å²) in [5.74, 6) is -0.833. The van der Waals surface area contributed by atoms with Crippen LogP contribution in [-0.4, -0.2) is 35.0 Å². The van der Waals surface area contributed by atoms with Crippen molar-refractivity contribution in [3.8, 4) is 0 Å². The molecule has 0 aromatic heterocycles. The summed E-state index contributed by atoms with van der Waals surface area (Å²) >= 11 is 0. The lowest BCUT2D eigenvalue weighted by atomic mass is 10.1. The highest BCUT2D eigenvalue weighted by molar-refractivity contribution is 5.83. The van der Waals surface area contributed by atoms with E-state index in [4.69, 9.17) is 5.11 Å². The fraction of sp³-hybridized carbons (Fsp3) is 0.800. The van der Waals surface area contributed by atoms with Gasteiger partial charge in [0.1, 0.15) is 6.54 Å². The summed E-state index contributed by atoms with van der Waals surface area (Å²) in [4.78, 5) is 23.7. The highest BCUT2D eigenvalue weighted by Crippen LogP contribution is 2.26. The standard InChI is InChI=1S/C10H17NO3/c1-2-11(7-9(12)13)10(14)8-5-3-4-6-8/h8H,2-7H2,1H3,(H,12,13). The molecule has 1 aliphatic carbocycles. The monoisotopic (exact) mass is 199 g/mol. The molecular weight excluding hydrogens is 182 g/mol. The first-order chi connectivity index (χ1) is 6.65. The van der Waals surface area contributed by atoms with Gasteiger partial charge in [-0.2, -0.15) is 0 Å². The summed E-state index contributed by atoms with van der Waals surface area (Å²) in [5.41, 5.74) is 0. The molecule has 4 heteroatoms. The Balaban J connectivity index is 2.50. The van der Waals surface area contributed by atoms with E-state index >= 15 is 0 Å². The molecule has 0 aliphatic heterocycles. The average Bonchev–Trinajstić information content (AvgIpc) is 2.65. The third-order valence-electron chi connectivity index (χ3n) is 2.72. The van der Waals surface area contributed by atoms with Crippen molar-refractivity contribution in [1.29, 1.82) is 0 Å². The molecule has 0 saturated heterocycles. The number of aliphatic carboxylic acids is 1. The van der Waals surface area contributed by atoms with Gasteiger partial charge in [-0.25, -0.2) is 0 Å². The Morgan fingerprint density at radius 2 is 1.93 bits per heavy atom. The van der Waals surface area contributed by atoms with Crippen molar-refractivity contribution in [2.24, 2.45) is 5.92 Å². The van der Waals surface area contributed by atoms with Crippen LogP contribution in [0.5, 0.6) is 0 Å². The van der Waals surface area contributed by atoms with E-state index in [1.807, 2.05) is 6.92 Å². The molecule has 0 radical (unpaired) electrons. The van der Waals surface area contributed by atoms with Crippen LogP contribution in [0.4, 0.5) is 0 Å². The predicted molar refractivity (Wildman–Crippen MR) is 51.8 cm³/mol. The number of likely N-dealkylation sites (N-methyl/N-ethyl adjacent to an activating group) is 1. The summed E-state index contributed by atoms with van der Waals surface area (Å²) in [5, 5.41) is 8.61. The van der Waals surface area contributed by atoms with Gasteiger partial charge in [0.05, 0.1) is 0 Å². The highest BCUT2D eigenvalue weighted by atomic mass is 16.4. The predicted octanol–water partition coefficient (Wildman–Crippen LogP) is 1.11. The molecule has 1 rings (SSSR count). The SMILES string of the molecule is CCN(CC(=O)O)C(=O)C1CCCC1. The maximum absolute atomic E-state index is 11.8. The molecule has 0 bridgehead atoms. The fourth-order valence-electron chi connectivity index (χ4n) is 1.94. The van der Waals surface area contributed by atoms with Crippen LogP contribution in [0.15, 0.2) is 0 Å². The first-order valence-electron chi connectivity index (χ1n) is 5.15. The maximum Gasteiger partial charge on any atom is 0.323 e. The zero-order valence-corrected chi connectivity index (χ0v) is 8.53. The molecule has 80 valence electrons. The van der Waals surface area contributed by atoms with Crippen molar-refractivity contribution in [2.45, 2.75) is 32.6 Å². The summed E-state index contributed by atoms with van der Waals surface area (Å²) in [7, 11) is 0. The lowest BCUT2D eigenvalue weighted by Crippen LogP contribution is -2.38. The third-order valence-corrected chi connectivity index (χ3v) is 2.72. The normalized spacial score (nSPS) is 16.9. The molecule has 1 amide bonds. The number of amides is 1. The van der Waals surface area contributed by atoms with E-state index in [2.05, 4.69) is 0 Å². The molecule has 0 spiro atoms. The Hall–Kier alpha value is -1.06. The van der Waals surface area contributed by atoms with E-state index in [-0.39, 0.29) is 18.4 Å². The van der Waals surface area contributed by atoms with Crippen LogP contribution >= 0.6 is 0 Å². The van der Waals surface area contributed by atoms with Crippen molar-refractivity contribution < 1.29 is 14.7 Å². The van der Waals surface area contributed by atoms with Gasteiger partial charge in [0, 0.05) is 12.5 Å². The van der Waals surface area contributed by atoms with E-state index < -0.39 is 5.97 Å². The molecule has 0 unspecified atom stereocenters. The molecule has 1 fully saturated rings. The maximum atomic E-state index is 11.8. The largest absolute Gasteiger partial charge is 0.480 e. The molecule has 1 N–H and O–H groups in total. The smallest absolute Gasteiger partial charge is 0.323 e. The summed E-state index contributed by atoms with van der Waals surface area (Å²) in [6, 6.07) is 0. The minimum absolute atomic E-state index is 0.0207. The van der Waals surface area contributed by atoms with Crippen LogP contribution in [0.1, 0.15) is 32.6 Å². The zero-order chi connectivity index (χ0) is 10.6. The van der Waals surface area contributed by atoms with E-state index in [9.17, 15) is 9.59 Å². The number of carbonyl (C=O) groups excluding carboxylic acids is 1. The molecule has 4 nitrogen and oxygen atoms in total. The van der Waals surface area contributed by atoms with Crippen LogP contribution in [0.3, 0.4) is 0 Å². The average molecular weight is 199 g/mol. The summed E-state index contributed by atoms with van der Waals surface area (Å²) < 4.78 is 0. The second-order valence-corrected chi connectivity index (χ2v) is 3.73. The quantitative estimate of drug-likeness (QED) is 0.737. The van der Waals surface area contributed by atoms with E-state index in [0.29, 0.717) is 6.54 Å². The first-order valence-corrected chi connectivity index (χ1v) is 5.15. The number of carbonyl (C=O) groups is 2. The van der Waals surface area contributed by atoms with Crippen molar-refractivity contribution in [3.05, 3.63) is 0 Å². The van der Waals surface area contributed by atoms with Gasteiger partial charge in [-0.05, 0) is 19.8 Å². The Morgan fingerprint density at radius 3 is 2.36 bits per heavy atom. The Labute approximate surface area is 83.9 Å². The van der Waals surface area contributed by atoms with Gasteiger partial charge in [-0.3, -0.25) is 9.59 Å².